The van der Waals surface area contributed by atoms with Crippen LogP contribution in [-0.2, 0) is 4.79 Å². The molecule has 0 aromatic heterocycles. The fourth-order valence-electron chi connectivity index (χ4n) is 6.07. The zero-order valence-corrected chi connectivity index (χ0v) is 12.1. The SMILES string of the molecule is [2H]C1C[C@H]2[C@@H]3CC[C@@H]4C[C@H](O)CC[C@@H]4[C@H]3CC[C@]2(C([2H])([2H])[2H])C1=O. The summed E-state index contributed by atoms with van der Waals surface area (Å²) >= 11 is 0. The molecule has 4 fully saturated rings. The second kappa shape index (κ2) is 4.56. The van der Waals surface area contributed by atoms with Gasteiger partial charge in [0.1, 0.15) is 5.78 Å². The van der Waals surface area contributed by atoms with Gasteiger partial charge in [-0.3, -0.25) is 4.79 Å². The molecule has 4 aliphatic rings. The average molecular weight is 280 g/mol. The maximum absolute atomic E-state index is 12.7. The lowest BCUT2D eigenvalue weighted by molar-refractivity contribution is -0.133. The molecular formula is C18H28O2. The van der Waals surface area contributed by atoms with Gasteiger partial charge >= 0.3 is 0 Å². The third-order valence-corrected chi connectivity index (χ3v) is 7.00. The van der Waals surface area contributed by atoms with Gasteiger partial charge in [-0.1, -0.05) is 6.85 Å². The number of hydrogen-bond acceptors (Lipinski definition) is 2. The quantitative estimate of drug-likeness (QED) is 0.736. The molecule has 0 aromatic carbocycles. The summed E-state index contributed by atoms with van der Waals surface area (Å²) in [6.45, 7) is -2.28. The van der Waals surface area contributed by atoms with Crippen LogP contribution in [0.15, 0.2) is 0 Å². The molecular weight excluding hydrogens is 248 g/mol. The molecule has 1 N–H and O–H groups in total. The van der Waals surface area contributed by atoms with E-state index in [-0.39, 0.29) is 23.7 Å². The zero-order chi connectivity index (χ0) is 17.3. The number of rotatable bonds is 0. The van der Waals surface area contributed by atoms with Crippen LogP contribution in [-0.4, -0.2) is 17.0 Å². The van der Waals surface area contributed by atoms with Gasteiger partial charge in [-0.25, -0.2) is 0 Å². The Bertz CT molecular complexity index is 534. The molecule has 4 rings (SSSR count). The van der Waals surface area contributed by atoms with Crippen molar-refractivity contribution in [1.29, 1.82) is 0 Å². The Morgan fingerprint density at radius 1 is 1.15 bits per heavy atom. The summed E-state index contributed by atoms with van der Waals surface area (Å²) in [6, 6.07) is 0. The van der Waals surface area contributed by atoms with Crippen molar-refractivity contribution >= 4 is 5.78 Å². The molecule has 2 heteroatoms. The lowest BCUT2D eigenvalue weighted by Crippen LogP contribution is -2.49. The Labute approximate surface area is 127 Å². The van der Waals surface area contributed by atoms with Crippen molar-refractivity contribution in [2.45, 2.75) is 70.7 Å². The fourth-order valence-corrected chi connectivity index (χ4v) is 6.07. The monoisotopic (exact) mass is 280 g/mol. The normalized spacial score (nSPS) is 62.2. The topological polar surface area (TPSA) is 37.3 Å². The van der Waals surface area contributed by atoms with Gasteiger partial charge in [0.25, 0.3) is 0 Å². The Kier molecular flexibility index (Phi) is 2.19. The van der Waals surface area contributed by atoms with Gasteiger partial charge in [0.15, 0.2) is 0 Å². The maximum Gasteiger partial charge on any atom is 0.139 e. The predicted molar refractivity (Wildman–Crippen MR) is 78.1 cm³/mol. The minimum absolute atomic E-state index is 0.133. The van der Waals surface area contributed by atoms with Crippen LogP contribution in [0.1, 0.15) is 70.1 Å². The van der Waals surface area contributed by atoms with E-state index in [4.69, 9.17) is 5.48 Å². The lowest BCUT2D eigenvalue weighted by Gasteiger charge is -2.54. The zero-order valence-electron chi connectivity index (χ0n) is 16.1. The van der Waals surface area contributed by atoms with Crippen molar-refractivity contribution in [2.75, 3.05) is 0 Å². The highest BCUT2D eigenvalue weighted by atomic mass is 16.3. The Morgan fingerprint density at radius 2 is 2.00 bits per heavy atom. The van der Waals surface area contributed by atoms with E-state index in [0.717, 1.165) is 38.5 Å². The molecule has 8 atom stereocenters. The van der Waals surface area contributed by atoms with Gasteiger partial charge < -0.3 is 5.11 Å². The minimum Gasteiger partial charge on any atom is -0.393 e. The highest BCUT2D eigenvalue weighted by Crippen LogP contribution is 2.61. The van der Waals surface area contributed by atoms with Gasteiger partial charge in [-0.15, -0.1) is 0 Å². The summed E-state index contributed by atoms with van der Waals surface area (Å²) in [5.74, 6) is 1.49. The van der Waals surface area contributed by atoms with E-state index in [1.807, 2.05) is 0 Å². The molecule has 0 amide bonds. The molecule has 0 radical (unpaired) electrons. The first-order valence-corrected chi connectivity index (χ1v) is 8.40. The highest BCUT2D eigenvalue weighted by molar-refractivity contribution is 5.87. The van der Waals surface area contributed by atoms with Crippen molar-refractivity contribution in [3.05, 3.63) is 0 Å². The molecule has 112 valence electrons. The van der Waals surface area contributed by atoms with E-state index in [1.165, 1.54) is 0 Å². The third-order valence-electron chi connectivity index (χ3n) is 7.00. The van der Waals surface area contributed by atoms with Gasteiger partial charge in [0, 0.05) is 17.3 Å². The fraction of sp³-hybridized carbons (Fsp3) is 0.944. The molecule has 0 aromatic rings. The summed E-state index contributed by atoms with van der Waals surface area (Å²) in [6.07, 6.45) is 5.50. The number of carbonyl (C=O) groups excluding carboxylic acids is 1. The number of ketones is 1. The molecule has 20 heavy (non-hydrogen) atoms. The molecule has 0 bridgehead atoms. The van der Waals surface area contributed by atoms with Gasteiger partial charge in [0.05, 0.1) is 6.10 Å². The van der Waals surface area contributed by atoms with Crippen LogP contribution in [0.2, 0.25) is 0 Å². The summed E-state index contributed by atoms with van der Waals surface area (Å²) in [4.78, 5) is 12.7. The molecule has 0 aliphatic heterocycles. The van der Waals surface area contributed by atoms with E-state index in [0.29, 0.717) is 30.6 Å². The van der Waals surface area contributed by atoms with Crippen molar-refractivity contribution < 1.29 is 15.4 Å². The van der Waals surface area contributed by atoms with Crippen molar-refractivity contribution in [3.8, 4) is 0 Å². The molecule has 2 nitrogen and oxygen atoms in total. The number of aliphatic hydroxyl groups is 1. The Morgan fingerprint density at radius 3 is 2.85 bits per heavy atom. The van der Waals surface area contributed by atoms with Crippen LogP contribution < -0.4 is 0 Å². The van der Waals surface area contributed by atoms with Crippen LogP contribution >= 0.6 is 0 Å². The number of Topliss-reactive ketones (excluding diaryl/α,β-unsaturated/α-hetero) is 1. The smallest absolute Gasteiger partial charge is 0.139 e. The number of aliphatic hydroxyl groups excluding tert-OH is 1. The number of carbonyl (C=O) groups is 1. The first-order chi connectivity index (χ1) is 11.3. The van der Waals surface area contributed by atoms with E-state index < -0.39 is 18.7 Å². The van der Waals surface area contributed by atoms with Crippen LogP contribution in [0, 0.1) is 35.0 Å². The van der Waals surface area contributed by atoms with Crippen LogP contribution in [0.4, 0.5) is 0 Å². The van der Waals surface area contributed by atoms with Crippen molar-refractivity contribution in [2.24, 2.45) is 35.0 Å². The maximum atomic E-state index is 12.7. The second-order valence-corrected chi connectivity index (χ2v) is 7.72. The Balaban J connectivity index is 1.66. The number of fused-ring (bicyclic) bond motifs is 5. The molecule has 0 saturated heterocycles. The Hall–Kier alpha value is -0.370. The standard InChI is InChI=1S/C18H28O2/c1-18-9-8-14-13-5-3-12(19)10-11(13)2-4-15(14)16(18)6-7-17(18)20/h11-16,19H,2-10H2,1H3/t11-,12-,13+,14-,15-,16+,18+/m1/s1/i1D3,7D/t7?,11-,12-,13+,14-,15-,16+,18+. The minimum atomic E-state index is -2.28. The molecule has 1 unspecified atom stereocenters. The van der Waals surface area contributed by atoms with Crippen LogP contribution in [0.3, 0.4) is 0 Å². The van der Waals surface area contributed by atoms with Crippen molar-refractivity contribution in [1.82, 2.24) is 0 Å². The summed E-state index contributed by atoms with van der Waals surface area (Å²) in [5.41, 5.74) is -1.25. The van der Waals surface area contributed by atoms with Crippen LogP contribution in [0.5, 0.6) is 0 Å². The van der Waals surface area contributed by atoms with E-state index >= 15 is 0 Å². The third kappa shape index (κ3) is 1.76. The van der Waals surface area contributed by atoms with E-state index in [9.17, 15) is 9.90 Å². The van der Waals surface area contributed by atoms with Crippen molar-refractivity contribution in [3.63, 3.8) is 0 Å². The van der Waals surface area contributed by atoms with Crippen LogP contribution in [0.25, 0.3) is 0 Å². The first kappa shape index (κ1) is 9.61. The molecule has 0 heterocycles. The summed E-state index contributed by atoms with van der Waals surface area (Å²) < 4.78 is 32.3. The molecule has 0 spiro atoms. The van der Waals surface area contributed by atoms with E-state index in [1.54, 1.807) is 0 Å². The first-order valence-electron chi connectivity index (χ1n) is 10.5. The molecule has 4 aliphatic carbocycles. The summed E-state index contributed by atoms with van der Waals surface area (Å²) in [7, 11) is 0. The summed E-state index contributed by atoms with van der Waals surface area (Å²) in [5, 5.41) is 9.97. The second-order valence-electron chi connectivity index (χ2n) is 7.72. The predicted octanol–water partition coefficient (Wildman–Crippen LogP) is 3.57. The lowest BCUT2D eigenvalue weighted by atomic mass is 9.50. The largest absolute Gasteiger partial charge is 0.393 e. The van der Waals surface area contributed by atoms with Gasteiger partial charge in [0.2, 0.25) is 0 Å². The van der Waals surface area contributed by atoms with Gasteiger partial charge in [-0.2, -0.15) is 0 Å². The average Bonchev–Trinajstić information content (AvgIpc) is 2.79. The molecule has 4 saturated carbocycles. The van der Waals surface area contributed by atoms with E-state index in [2.05, 4.69) is 0 Å². The highest BCUT2D eigenvalue weighted by Gasteiger charge is 2.56. The number of hydrogen-bond donors (Lipinski definition) is 1. The van der Waals surface area contributed by atoms with Gasteiger partial charge in [-0.05, 0) is 81.0 Å².